The number of nitrogens with one attached hydrogen (secondary N) is 1. The molecule has 2 nitrogen and oxygen atoms in total. The number of anilines is 1. The van der Waals surface area contributed by atoms with Crippen molar-refractivity contribution in [3.05, 3.63) is 29.3 Å². The van der Waals surface area contributed by atoms with E-state index in [2.05, 4.69) is 5.32 Å². The Labute approximate surface area is 91.6 Å². The molecule has 0 radical (unpaired) electrons. The Hall–Kier alpha value is -1.23. The van der Waals surface area contributed by atoms with E-state index in [1.54, 1.807) is 0 Å². The average Bonchev–Trinajstić information content (AvgIpc) is 2.26. The molecule has 0 fully saturated rings. The van der Waals surface area contributed by atoms with E-state index in [4.69, 9.17) is 5.73 Å². The van der Waals surface area contributed by atoms with Crippen LogP contribution < -0.4 is 11.1 Å². The molecule has 0 aliphatic carbocycles. The van der Waals surface area contributed by atoms with Gasteiger partial charge in [-0.1, -0.05) is 0 Å². The van der Waals surface area contributed by atoms with Crippen molar-refractivity contribution >= 4 is 5.69 Å². The summed E-state index contributed by atoms with van der Waals surface area (Å²) < 4.78 is 37.4. The second-order valence-electron chi connectivity index (χ2n) is 3.99. The van der Waals surface area contributed by atoms with Crippen LogP contribution in [0.1, 0.15) is 17.5 Å². The highest BCUT2D eigenvalue weighted by molar-refractivity contribution is 5.55. The molecule has 1 aliphatic rings. The van der Waals surface area contributed by atoms with Crippen molar-refractivity contribution in [2.75, 3.05) is 11.9 Å². The summed E-state index contributed by atoms with van der Waals surface area (Å²) in [5.41, 5.74) is 6.43. The molecular formula is C11H13F3N2. The molecule has 0 bridgehead atoms. The Kier molecular flexibility index (Phi) is 2.80. The van der Waals surface area contributed by atoms with Gasteiger partial charge in [-0.05, 0) is 36.6 Å². The highest BCUT2D eigenvalue weighted by Gasteiger charge is 2.31. The number of hydrogen-bond donors (Lipinski definition) is 2. The Morgan fingerprint density at radius 2 is 2.12 bits per heavy atom. The lowest BCUT2D eigenvalue weighted by molar-refractivity contribution is -0.137. The molecular weight excluding hydrogens is 217 g/mol. The smallest absolute Gasteiger partial charge is 0.381 e. The van der Waals surface area contributed by atoms with Gasteiger partial charge in [0.05, 0.1) is 5.56 Å². The fourth-order valence-corrected chi connectivity index (χ4v) is 1.92. The van der Waals surface area contributed by atoms with Crippen LogP contribution in [0.5, 0.6) is 0 Å². The first kappa shape index (κ1) is 11.3. The number of hydrogen-bond acceptors (Lipinski definition) is 2. The van der Waals surface area contributed by atoms with Crippen LogP contribution in [0.3, 0.4) is 0 Å². The molecule has 88 valence electrons. The van der Waals surface area contributed by atoms with Crippen molar-refractivity contribution in [3.63, 3.8) is 0 Å². The number of nitrogens with two attached hydrogens (primary N) is 1. The average molecular weight is 230 g/mol. The zero-order valence-electron chi connectivity index (χ0n) is 8.64. The third-order valence-corrected chi connectivity index (χ3v) is 2.84. The molecule has 3 N–H and O–H groups in total. The van der Waals surface area contributed by atoms with Gasteiger partial charge in [0.25, 0.3) is 0 Å². The first-order valence-corrected chi connectivity index (χ1v) is 5.17. The van der Waals surface area contributed by atoms with Gasteiger partial charge in [-0.2, -0.15) is 13.2 Å². The number of aryl methyl sites for hydroxylation is 1. The molecule has 1 unspecified atom stereocenters. The molecule has 1 aliphatic heterocycles. The molecule has 0 saturated heterocycles. The van der Waals surface area contributed by atoms with Crippen LogP contribution in [0.2, 0.25) is 0 Å². The van der Waals surface area contributed by atoms with Crippen LogP contribution >= 0.6 is 0 Å². The van der Waals surface area contributed by atoms with Crippen molar-refractivity contribution in [2.45, 2.75) is 25.1 Å². The van der Waals surface area contributed by atoms with Crippen LogP contribution in [0.4, 0.5) is 18.9 Å². The fourth-order valence-electron chi connectivity index (χ4n) is 1.92. The van der Waals surface area contributed by atoms with E-state index in [-0.39, 0.29) is 6.04 Å². The van der Waals surface area contributed by atoms with Gasteiger partial charge in [-0.15, -0.1) is 0 Å². The minimum atomic E-state index is -4.26. The summed E-state index contributed by atoms with van der Waals surface area (Å²) in [6.07, 6.45) is -2.83. The zero-order valence-corrected chi connectivity index (χ0v) is 8.64. The molecule has 16 heavy (non-hydrogen) atoms. The van der Waals surface area contributed by atoms with Crippen LogP contribution in [-0.4, -0.2) is 12.6 Å². The normalized spacial score (nSPS) is 20.1. The van der Waals surface area contributed by atoms with Gasteiger partial charge in [0.1, 0.15) is 0 Å². The van der Waals surface area contributed by atoms with Gasteiger partial charge in [-0.3, -0.25) is 0 Å². The summed E-state index contributed by atoms with van der Waals surface area (Å²) in [7, 11) is 0. The first-order valence-electron chi connectivity index (χ1n) is 5.17. The van der Waals surface area contributed by atoms with Gasteiger partial charge in [0, 0.05) is 18.3 Å². The van der Waals surface area contributed by atoms with Crippen molar-refractivity contribution < 1.29 is 13.2 Å². The van der Waals surface area contributed by atoms with Crippen molar-refractivity contribution in [3.8, 4) is 0 Å². The molecule has 0 spiro atoms. The van der Waals surface area contributed by atoms with E-state index in [9.17, 15) is 13.2 Å². The predicted molar refractivity (Wildman–Crippen MR) is 56.2 cm³/mol. The van der Waals surface area contributed by atoms with E-state index < -0.39 is 11.7 Å². The molecule has 0 aromatic heterocycles. The first-order chi connectivity index (χ1) is 7.50. The third-order valence-electron chi connectivity index (χ3n) is 2.84. The Morgan fingerprint density at radius 3 is 2.75 bits per heavy atom. The number of rotatable bonds is 1. The Morgan fingerprint density at radius 1 is 1.38 bits per heavy atom. The number of alkyl halides is 3. The van der Waals surface area contributed by atoms with Crippen molar-refractivity contribution in [1.82, 2.24) is 0 Å². The highest BCUT2D eigenvalue weighted by atomic mass is 19.4. The third kappa shape index (κ3) is 2.14. The second kappa shape index (κ2) is 3.97. The maximum atomic E-state index is 12.5. The molecule has 1 heterocycles. The molecule has 0 amide bonds. The van der Waals surface area contributed by atoms with Gasteiger partial charge in [0.15, 0.2) is 0 Å². The molecule has 2 rings (SSSR count). The zero-order chi connectivity index (χ0) is 11.8. The van der Waals surface area contributed by atoms with Crippen LogP contribution in [0.15, 0.2) is 18.2 Å². The maximum Gasteiger partial charge on any atom is 0.416 e. The van der Waals surface area contributed by atoms with E-state index in [0.717, 1.165) is 23.7 Å². The summed E-state index contributed by atoms with van der Waals surface area (Å²) in [5.74, 6) is 0. The SMILES string of the molecule is NCC1CCc2cc(C(F)(F)F)ccc2N1. The largest absolute Gasteiger partial charge is 0.416 e. The minimum absolute atomic E-state index is 0.171. The monoisotopic (exact) mass is 230 g/mol. The quantitative estimate of drug-likeness (QED) is 0.777. The standard InChI is InChI=1S/C11H13F3N2/c12-11(13,14)8-2-4-10-7(5-8)1-3-9(6-15)16-10/h2,4-5,9,16H,1,3,6,15H2. The van der Waals surface area contributed by atoms with E-state index in [1.165, 1.54) is 12.1 Å². The highest BCUT2D eigenvalue weighted by Crippen LogP contribution is 2.33. The molecule has 1 aromatic carbocycles. The molecule has 1 aromatic rings. The topological polar surface area (TPSA) is 38.0 Å². The fraction of sp³-hybridized carbons (Fsp3) is 0.455. The summed E-state index contributed by atoms with van der Waals surface area (Å²) >= 11 is 0. The van der Waals surface area contributed by atoms with Gasteiger partial charge in [0.2, 0.25) is 0 Å². The van der Waals surface area contributed by atoms with Crippen molar-refractivity contribution in [1.29, 1.82) is 0 Å². The minimum Gasteiger partial charge on any atom is -0.381 e. The molecule has 0 saturated carbocycles. The summed E-state index contributed by atoms with van der Waals surface area (Å²) in [6, 6.07) is 3.98. The Balaban J connectivity index is 2.28. The van der Waals surface area contributed by atoms with Crippen LogP contribution in [0.25, 0.3) is 0 Å². The molecule has 5 heteroatoms. The lowest BCUT2D eigenvalue weighted by Crippen LogP contribution is -2.32. The lowest BCUT2D eigenvalue weighted by atomic mass is 9.96. The maximum absolute atomic E-state index is 12.5. The van der Waals surface area contributed by atoms with Gasteiger partial charge < -0.3 is 11.1 Å². The Bertz CT molecular complexity index is 387. The predicted octanol–water partition coefficient (Wildman–Crippen LogP) is 2.39. The number of benzene rings is 1. The number of halogens is 3. The van der Waals surface area contributed by atoms with E-state index >= 15 is 0 Å². The van der Waals surface area contributed by atoms with Gasteiger partial charge in [-0.25, -0.2) is 0 Å². The lowest BCUT2D eigenvalue weighted by Gasteiger charge is -2.26. The molecule has 1 atom stereocenters. The van der Waals surface area contributed by atoms with E-state index in [1.807, 2.05) is 0 Å². The van der Waals surface area contributed by atoms with Crippen LogP contribution in [-0.2, 0) is 12.6 Å². The summed E-state index contributed by atoms with van der Waals surface area (Å²) in [5, 5.41) is 3.13. The van der Waals surface area contributed by atoms with E-state index in [0.29, 0.717) is 13.0 Å². The summed E-state index contributed by atoms with van der Waals surface area (Å²) in [4.78, 5) is 0. The number of fused-ring (bicyclic) bond motifs is 1. The van der Waals surface area contributed by atoms with Gasteiger partial charge >= 0.3 is 6.18 Å². The van der Waals surface area contributed by atoms with Crippen molar-refractivity contribution in [2.24, 2.45) is 5.73 Å². The van der Waals surface area contributed by atoms with Crippen LogP contribution in [0, 0.1) is 0 Å². The second-order valence-corrected chi connectivity index (χ2v) is 3.99. The summed E-state index contributed by atoms with van der Waals surface area (Å²) in [6.45, 7) is 0.500.